The Kier molecular flexibility index (Phi) is 6.97. The van der Waals surface area contributed by atoms with Crippen molar-refractivity contribution < 1.29 is 23.7 Å². The first-order valence-corrected chi connectivity index (χ1v) is 9.55. The van der Waals surface area contributed by atoms with Crippen LogP contribution in [0.2, 0.25) is 0 Å². The maximum atomic E-state index is 11.2. The Morgan fingerprint density at radius 1 is 1.26 bits per heavy atom. The van der Waals surface area contributed by atoms with Crippen molar-refractivity contribution in [1.29, 1.82) is 0 Å². The number of nitrogens with one attached hydrogen (secondary N) is 1. The molecule has 1 atom stereocenters. The molecule has 1 aromatic carbocycles. The number of alkyl carbamates (subject to hydrolysis) is 1. The molecule has 0 bridgehead atoms. The number of terminal acetylenes is 1. The maximum Gasteiger partial charge on any atom is 0.408 e. The summed E-state index contributed by atoms with van der Waals surface area (Å²) in [5.41, 5.74) is 1.25. The second-order valence-electron chi connectivity index (χ2n) is 6.86. The van der Waals surface area contributed by atoms with Crippen molar-refractivity contribution >= 4 is 6.09 Å². The molecule has 0 aromatic heterocycles. The van der Waals surface area contributed by atoms with Crippen LogP contribution in [0.25, 0.3) is 0 Å². The predicted octanol–water partition coefficient (Wildman–Crippen LogP) is 2.90. The first-order valence-electron chi connectivity index (χ1n) is 9.55. The molecule has 1 aromatic rings. The molecule has 0 radical (unpaired) electrons. The molecular formula is C21H27NO5. The van der Waals surface area contributed by atoms with Gasteiger partial charge in [-0.25, -0.2) is 4.79 Å². The van der Waals surface area contributed by atoms with Gasteiger partial charge in [-0.2, -0.15) is 0 Å². The van der Waals surface area contributed by atoms with Crippen molar-refractivity contribution in [1.82, 2.24) is 5.32 Å². The van der Waals surface area contributed by atoms with E-state index in [4.69, 9.17) is 25.4 Å². The predicted molar refractivity (Wildman–Crippen MR) is 100 cm³/mol. The molecule has 1 unspecified atom stereocenters. The topological polar surface area (TPSA) is 66.0 Å². The van der Waals surface area contributed by atoms with Crippen molar-refractivity contribution in [3.8, 4) is 18.1 Å². The first kappa shape index (κ1) is 19.5. The number of rotatable bonds is 7. The lowest BCUT2D eigenvalue weighted by Crippen LogP contribution is -2.42. The van der Waals surface area contributed by atoms with Crippen molar-refractivity contribution in [3.05, 3.63) is 29.8 Å². The van der Waals surface area contributed by atoms with Crippen LogP contribution in [0, 0.1) is 18.3 Å². The van der Waals surface area contributed by atoms with Crippen molar-refractivity contribution in [3.63, 3.8) is 0 Å². The van der Waals surface area contributed by atoms with E-state index in [1.807, 2.05) is 12.1 Å². The minimum atomic E-state index is -0.537. The standard InChI is InChI=1S/C21H27NO5/c1-2-12-25-20(23)22-11-13-24-19-8-6-17(7-9-19)16-18-5-3-4-10-21(18)26-14-15-27-21/h1,6-9,18H,3-5,10-16H2,(H,22,23). The minimum absolute atomic E-state index is 0.0352. The third kappa shape index (κ3) is 5.38. The zero-order valence-corrected chi connectivity index (χ0v) is 15.6. The van der Waals surface area contributed by atoms with Crippen LogP contribution in [0.3, 0.4) is 0 Å². The molecule has 1 N–H and O–H groups in total. The van der Waals surface area contributed by atoms with Crippen molar-refractivity contribution in [2.75, 3.05) is 33.0 Å². The Labute approximate surface area is 160 Å². The molecule has 3 rings (SSSR count). The minimum Gasteiger partial charge on any atom is -0.492 e. The van der Waals surface area contributed by atoms with Crippen LogP contribution in [0.1, 0.15) is 31.2 Å². The molecule has 1 aliphatic heterocycles. The van der Waals surface area contributed by atoms with E-state index in [2.05, 4.69) is 23.4 Å². The molecule has 146 valence electrons. The number of amides is 1. The summed E-state index contributed by atoms with van der Waals surface area (Å²) in [6.45, 7) is 2.08. The van der Waals surface area contributed by atoms with Crippen LogP contribution in [-0.2, 0) is 20.6 Å². The van der Waals surface area contributed by atoms with Gasteiger partial charge in [-0.1, -0.05) is 24.5 Å². The van der Waals surface area contributed by atoms with E-state index in [0.29, 0.717) is 32.3 Å². The highest BCUT2D eigenvalue weighted by Gasteiger charge is 2.45. The molecule has 2 aliphatic rings. The van der Waals surface area contributed by atoms with Crippen molar-refractivity contribution in [2.45, 2.75) is 37.9 Å². The average Bonchev–Trinajstić information content (AvgIpc) is 3.16. The smallest absolute Gasteiger partial charge is 0.408 e. The van der Waals surface area contributed by atoms with Gasteiger partial charge in [-0.05, 0) is 37.0 Å². The van der Waals surface area contributed by atoms with Crippen LogP contribution >= 0.6 is 0 Å². The number of carbonyl (C=O) groups is 1. The van der Waals surface area contributed by atoms with Gasteiger partial charge in [-0.15, -0.1) is 6.42 Å². The Morgan fingerprint density at radius 2 is 2.04 bits per heavy atom. The molecule has 2 fully saturated rings. The van der Waals surface area contributed by atoms with Gasteiger partial charge in [0.2, 0.25) is 0 Å². The molecule has 1 saturated carbocycles. The van der Waals surface area contributed by atoms with E-state index in [0.717, 1.165) is 25.0 Å². The quantitative estimate of drug-likeness (QED) is 0.588. The van der Waals surface area contributed by atoms with Gasteiger partial charge in [0, 0.05) is 12.3 Å². The molecule has 1 saturated heterocycles. The Bertz CT molecular complexity index is 646. The van der Waals surface area contributed by atoms with Crippen molar-refractivity contribution in [2.24, 2.45) is 5.92 Å². The molecule has 27 heavy (non-hydrogen) atoms. The Balaban J connectivity index is 1.43. The fraction of sp³-hybridized carbons (Fsp3) is 0.571. The number of hydrogen-bond acceptors (Lipinski definition) is 5. The normalized spacial score (nSPS) is 20.8. The third-order valence-electron chi connectivity index (χ3n) is 5.06. The average molecular weight is 373 g/mol. The fourth-order valence-corrected chi connectivity index (χ4v) is 3.78. The van der Waals surface area contributed by atoms with E-state index < -0.39 is 6.09 Å². The molecule has 1 heterocycles. The highest BCUT2D eigenvalue weighted by atomic mass is 16.7. The van der Waals surface area contributed by atoms with Gasteiger partial charge in [-0.3, -0.25) is 0 Å². The SMILES string of the molecule is C#CCOC(=O)NCCOc1ccc(CC2CCCCC23OCCO3)cc1. The third-order valence-corrected chi connectivity index (χ3v) is 5.06. The largest absolute Gasteiger partial charge is 0.492 e. The number of carbonyl (C=O) groups excluding carboxylic acids is 1. The first-order chi connectivity index (χ1) is 13.2. The second-order valence-corrected chi connectivity index (χ2v) is 6.86. The van der Waals surface area contributed by atoms with E-state index in [-0.39, 0.29) is 12.4 Å². The van der Waals surface area contributed by atoms with E-state index in [1.165, 1.54) is 18.4 Å². The summed E-state index contributed by atoms with van der Waals surface area (Å²) in [6.07, 6.45) is 9.97. The summed E-state index contributed by atoms with van der Waals surface area (Å²) >= 11 is 0. The summed E-state index contributed by atoms with van der Waals surface area (Å²) in [4.78, 5) is 11.2. The van der Waals surface area contributed by atoms with Crippen LogP contribution in [0.5, 0.6) is 5.75 Å². The summed E-state index contributed by atoms with van der Waals surface area (Å²) in [7, 11) is 0. The summed E-state index contributed by atoms with van der Waals surface area (Å²) in [5, 5.41) is 2.57. The molecule has 1 aliphatic carbocycles. The number of ether oxygens (including phenoxy) is 4. The molecule has 6 heteroatoms. The van der Waals surface area contributed by atoms with Gasteiger partial charge in [0.25, 0.3) is 0 Å². The highest BCUT2D eigenvalue weighted by molar-refractivity contribution is 5.67. The summed E-state index contributed by atoms with van der Waals surface area (Å²) in [5.74, 6) is 3.04. The lowest BCUT2D eigenvalue weighted by atomic mass is 9.79. The molecular weight excluding hydrogens is 346 g/mol. The van der Waals surface area contributed by atoms with E-state index in [9.17, 15) is 4.79 Å². The Hall–Kier alpha value is -2.23. The zero-order valence-electron chi connectivity index (χ0n) is 15.6. The molecule has 1 spiro atoms. The number of hydrogen-bond donors (Lipinski definition) is 1. The van der Waals surface area contributed by atoms with Gasteiger partial charge in [0.1, 0.15) is 12.4 Å². The van der Waals surface area contributed by atoms with Crippen LogP contribution in [0.15, 0.2) is 24.3 Å². The van der Waals surface area contributed by atoms with Crippen LogP contribution in [0.4, 0.5) is 4.79 Å². The van der Waals surface area contributed by atoms with Crippen LogP contribution < -0.4 is 10.1 Å². The molecule has 1 amide bonds. The number of benzene rings is 1. The van der Waals surface area contributed by atoms with E-state index in [1.54, 1.807) is 0 Å². The highest BCUT2D eigenvalue weighted by Crippen LogP contribution is 2.42. The summed E-state index contributed by atoms with van der Waals surface area (Å²) < 4.78 is 22.3. The monoisotopic (exact) mass is 373 g/mol. The maximum absolute atomic E-state index is 11.2. The summed E-state index contributed by atoms with van der Waals surface area (Å²) in [6, 6.07) is 8.08. The van der Waals surface area contributed by atoms with Gasteiger partial charge < -0.3 is 24.3 Å². The lowest BCUT2D eigenvalue weighted by Gasteiger charge is -2.39. The van der Waals surface area contributed by atoms with Crippen LogP contribution in [-0.4, -0.2) is 44.9 Å². The molecule has 6 nitrogen and oxygen atoms in total. The Morgan fingerprint density at radius 3 is 2.78 bits per heavy atom. The fourth-order valence-electron chi connectivity index (χ4n) is 3.78. The van der Waals surface area contributed by atoms with Gasteiger partial charge >= 0.3 is 6.09 Å². The lowest BCUT2D eigenvalue weighted by molar-refractivity contribution is -0.212. The zero-order chi connectivity index (χ0) is 19.0. The van der Waals surface area contributed by atoms with E-state index >= 15 is 0 Å². The van der Waals surface area contributed by atoms with Gasteiger partial charge in [0.15, 0.2) is 12.4 Å². The van der Waals surface area contributed by atoms with Gasteiger partial charge in [0.05, 0.1) is 19.8 Å². The second kappa shape index (κ2) is 9.63.